The number of allylic oxidation sites excluding steroid dienone is 4. The number of aromatic nitrogens is 4. The standard InChI is InChI=1S/C33H34N8O4S/c1-5-11-22-17-24-23-15-10-9-14-21(23)16-25(24)26(27(22)38-46(43,44)45)30-36-29(34)28-31(37-30)40(18-20-12-7-6-8-13-20)33(42)41(28)32(35)39(4)19(2)3/h6-10,12-17,19,35H,5,11,18H2,1-4H3,(H2,34,36,37)(H,43,44,45). The Labute approximate surface area is 265 Å². The van der Waals surface area contributed by atoms with Crippen LogP contribution < -0.4 is 21.9 Å². The lowest BCUT2D eigenvalue weighted by Crippen LogP contribution is -2.42. The van der Waals surface area contributed by atoms with E-state index in [1.807, 2.05) is 87.5 Å². The van der Waals surface area contributed by atoms with Crippen LogP contribution in [0.25, 0.3) is 28.4 Å². The molecule has 4 aromatic rings. The van der Waals surface area contributed by atoms with Gasteiger partial charge in [0.15, 0.2) is 17.3 Å². The van der Waals surface area contributed by atoms with Crippen molar-refractivity contribution in [3.8, 4) is 0 Å². The molecule has 0 fully saturated rings. The Bertz CT molecular complexity index is 2310. The summed E-state index contributed by atoms with van der Waals surface area (Å²) in [4.78, 5) is 25.2. The number of nitrogens with one attached hydrogen (secondary N) is 1. The fourth-order valence-electron chi connectivity index (χ4n) is 5.83. The fourth-order valence-corrected chi connectivity index (χ4v) is 6.27. The third kappa shape index (κ3) is 5.37. The first-order chi connectivity index (χ1) is 21.9. The molecule has 0 spiro atoms. The Morgan fingerprint density at radius 1 is 1.07 bits per heavy atom. The number of hydrogen-bond donors (Lipinski definition) is 3. The molecule has 0 radical (unpaired) electrons. The Morgan fingerprint density at radius 3 is 2.43 bits per heavy atom. The Balaban J connectivity index is 1.71. The number of anilines is 1. The van der Waals surface area contributed by atoms with Crippen molar-refractivity contribution in [3.05, 3.63) is 104 Å². The van der Waals surface area contributed by atoms with Gasteiger partial charge in [0.05, 0.1) is 17.8 Å². The number of benzene rings is 2. The number of imidazole rings is 1. The van der Waals surface area contributed by atoms with Crippen LogP contribution in [0.15, 0.2) is 81.0 Å². The van der Waals surface area contributed by atoms with E-state index in [0.29, 0.717) is 24.0 Å². The summed E-state index contributed by atoms with van der Waals surface area (Å²) >= 11 is 0. The van der Waals surface area contributed by atoms with E-state index in [2.05, 4.69) is 9.38 Å². The molecule has 0 bridgehead atoms. The molecule has 0 aliphatic heterocycles. The Kier molecular flexibility index (Phi) is 7.82. The molecule has 12 nitrogen and oxygen atoms in total. The van der Waals surface area contributed by atoms with Crippen LogP contribution in [0.2, 0.25) is 0 Å². The molecule has 13 heteroatoms. The lowest BCUT2D eigenvalue weighted by atomic mass is 9.85. The summed E-state index contributed by atoms with van der Waals surface area (Å²) < 4.78 is 40.9. The molecular weight excluding hydrogens is 604 g/mol. The molecule has 2 aliphatic rings. The summed E-state index contributed by atoms with van der Waals surface area (Å²) in [5.41, 5.74) is 9.58. The van der Waals surface area contributed by atoms with Gasteiger partial charge in [0.1, 0.15) is 5.52 Å². The molecular formula is C33H34N8O4S. The first kappa shape index (κ1) is 30.9. The smallest absolute Gasteiger partial charge is 0.378 e. The summed E-state index contributed by atoms with van der Waals surface area (Å²) in [6.07, 6.45) is 4.92. The molecule has 0 unspecified atom stereocenters. The summed E-state index contributed by atoms with van der Waals surface area (Å²) in [5.74, 6) is -0.140. The van der Waals surface area contributed by atoms with Gasteiger partial charge in [0.2, 0.25) is 5.96 Å². The van der Waals surface area contributed by atoms with Crippen molar-refractivity contribution in [3.63, 3.8) is 0 Å². The SMILES string of the molecule is CCCC1=CC2=c3ccccc3=CC2=C(c2nc(N)c3c(n2)n(Cc2ccccc2)c(=O)n3C(=N)N(C)C(C)C)C1=NS(=O)(=O)O. The van der Waals surface area contributed by atoms with Gasteiger partial charge in [-0.2, -0.15) is 8.42 Å². The van der Waals surface area contributed by atoms with Crippen LogP contribution in [-0.4, -0.2) is 61.7 Å². The van der Waals surface area contributed by atoms with Gasteiger partial charge in [0.25, 0.3) is 0 Å². The molecule has 2 aromatic heterocycles. The van der Waals surface area contributed by atoms with Crippen LogP contribution in [0.3, 0.4) is 0 Å². The molecule has 0 saturated heterocycles. The Hall–Kier alpha value is -5.14. The second-order valence-corrected chi connectivity index (χ2v) is 12.6. The van der Waals surface area contributed by atoms with Gasteiger partial charge >= 0.3 is 16.0 Å². The van der Waals surface area contributed by atoms with Crippen molar-refractivity contribution in [2.45, 2.75) is 46.2 Å². The van der Waals surface area contributed by atoms with Gasteiger partial charge in [-0.05, 0) is 65.1 Å². The Morgan fingerprint density at radius 2 is 1.76 bits per heavy atom. The van der Waals surface area contributed by atoms with E-state index >= 15 is 0 Å². The van der Waals surface area contributed by atoms with Crippen LogP contribution in [0.4, 0.5) is 5.82 Å². The quantitative estimate of drug-likeness (QED) is 0.157. The molecule has 0 atom stereocenters. The van der Waals surface area contributed by atoms with Gasteiger partial charge < -0.3 is 10.6 Å². The van der Waals surface area contributed by atoms with Gasteiger partial charge in [-0.25, -0.2) is 19.3 Å². The molecule has 236 valence electrons. The predicted molar refractivity (Wildman–Crippen MR) is 180 cm³/mol. The normalized spacial score (nSPS) is 15.3. The van der Waals surface area contributed by atoms with Crippen LogP contribution in [0.5, 0.6) is 0 Å². The average Bonchev–Trinajstić information content (AvgIpc) is 3.51. The minimum atomic E-state index is -4.84. The molecule has 46 heavy (non-hydrogen) atoms. The topological polar surface area (TPSA) is 173 Å². The first-order valence-electron chi connectivity index (χ1n) is 14.9. The van der Waals surface area contributed by atoms with E-state index in [1.165, 1.54) is 9.13 Å². The lowest BCUT2D eigenvalue weighted by Gasteiger charge is -2.24. The maximum atomic E-state index is 14.1. The van der Waals surface area contributed by atoms with Gasteiger partial charge in [-0.1, -0.05) is 67.9 Å². The summed E-state index contributed by atoms with van der Waals surface area (Å²) in [6, 6.07) is 17.0. The van der Waals surface area contributed by atoms with Crippen LogP contribution in [0.1, 0.15) is 45.0 Å². The number of fused-ring (bicyclic) bond motifs is 3. The van der Waals surface area contributed by atoms with Crippen LogP contribution in [-0.2, 0) is 16.8 Å². The highest BCUT2D eigenvalue weighted by Crippen LogP contribution is 2.37. The minimum Gasteiger partial charge on any atom is -0.382 e. The maximum absolute atomic E-state index is 14.1. The van der Waals surface area contributed by atoms with E-state index in [0.717, 1.165) is 21.6 Å². The monoisotopic (exact) mass is 638 g/mol. The molecule has 0 saturated carbocycles. The second-order valence-electron chi connectivity index (χ2n) is 11.6. The zero-order chi connectivity index (χ0) is 32.9. The summed E-state index contributed by atoms with van der Waals surface area (Å²) in [7, 11) is -3.12. The van der Waals surface area contributed by atoms with Crippen molar-refractivity contribution in [2.75, 3.05) is 12.8 Å². The van der Waals surface area contributed by atoms with Crippen molar-refractivity contribution < 1.29 is 13.0 Å². The summed E-state index contributed by atoms with van der Waals surface area (Å²) in [5, 5.41) is 10.8. The minimum absolute atomic E-state index is 0.00887. The highest BCUT2D eigenvalue weighted by Gasteiger charge is 2.32. The number of nitrogens with zero attached hydrogens (tertiary/aromatic N) is 6. The number of nitrogen functional groups attached to an aromatic ring is 1. The summed E-state index contributed by atoms with van der Waals surface area (Å²) in [6.45, 7) is 5.89. The first-order valence-corrected chi connectivity index (χ1v) is 16.3. The van der Waals surface area contributed by atoms with Gasteiger partial charge in [0, 0.05) is 13.1 Å². The van der Waals surface area contributed by atoms with Crippen LogP contribution in [0, 0.1) is 5.41 Å². The van der Waals surface area contributed by atoms with Crippen LogP contribution >= 0.6 is 0 Å². The van der Waals surface area contributed by atoms with E-state index in [9.17, 15) is 17.8 Å². The third-order valence-electron chi connectivity index (χ3n) is 8.22. The lowest BCUT2D eigenvalue weighted by molar-refractivity contribution is 0.401. The molecule has 2 heterocycles. The maximum Gasteiger partial charge on any atom is 0.378 e. The largest absolute Gasteiger partial charge is 0.382 e. The van der Waals surface area contributed by atoms with Gasteiger partial charge in [-0.3, -0.25) is 14.5 Å². The van der Waals surface area contributed by atoms with Crippen molar-refractivity contribution in [1.82, 2.24) is 24.0 Å². The number of hydrogen-bond acceptors (Lipinski definition) is 7. The average molecular weight is 639 g/mol. The highest BCUT2D eigenvalue weighted by molar-refractivity contribution is 7.84. The van der Waals surface area contributed by atoms with E-state index in [4.69, 9.17) is 16.1 Å². The second kappa shape index (κ2) is 11.7. The molecule has 2 aliphatic carbocycles. The van der Waals surface area contributed by atoms with Crippen molar-refractivity contribution in [1.29, 1.82) is 5.41 Å². The molecule has 0 amide bonds. The number of rotatable bonds is 7. The van der Waals surface area contributed by atoms with Crippen molar-refractivity contribution >= 4 is 56.2 Å². The highest BCUT2D eigenvalue weighted by atomic mass is 32.2. The zero-order valence-electron chi connectivity index (χ0n) is 25.9. The van der Waals surface area contributed by atoms with E-state index in [1.54, 1.807) is 11.9 Å². The van der Waals surface area contributed by atoms with Crippen molar-refractivity contribution in [2.24, 2.45) is 4.40 Å². The number of nitrogens with two attached hydrogens (primary N) is 1. The van der Waals surface area contributed by atoms with E-state index in [-0.39, 0.29) is 52.6 Å². The molecule has 4 N–H and O–H groups in total. The fraction of sp³-hybridized carbons (Fsp3) is 0.242. The van der Waals surface area contributed by atoms with Gasteiger partial charge in [-0.15, -0.1) is 4.40 Å². The zero-order valence-corrected chi connectivity index (χ0v) is 26.7. The predicted octanol–water partition coefficient (Wildman–Crippen LogP) is 2.73. The third-order valence-corrected chi connectivity index (χ3v) is 8.63. The molecule has 6 rings (SSSR count). The van der Waals surface area contributed by atoms with E-state index < -0.39 is 16.0 Å². The molecule has 2 aromatic carbocycles.